The lowest BCUT2D eigenvalue weighted by Gasteiger charge is -1.97. The van der Waals surface area contributed by atoms with Crippen molar-refractivity contribution in [1.82, 2.24) is 0 Å². The highest BCUT2D eigenvalue weighted by molar-refractivity contribution is 5.38. The zero-order valence-corrected chi connectivity index (χ0v) is 6.07. The first-order chi connectivity index (χ1) is 5.36. The molecule has 1 rings (SSSR count). The van der Waals surface area contributed by atoms with Gasteiger partial charge in [0.1, 0.15) is 0 Å². The van der Waals surface area contributed by atoms with Crippen molar-refractivity contribution in [2.75, 3.05) is 6.61 Å². The Morgan fingerprint density at radius 2 is 2.36 bits per heavy atom. The van der Waals surface area contributed by atoms with E-state index in [1.54, 1.807) is 18.2 Å². The van der Waals surface area contributed by atoms with Crippen molar-refractivity contribution < 1.29 is 5.11 Å². The Bertz CT molecular complexity index is 255. The summed E-state index contributed by atoms with van der Waals surface area (Å²) in [6.07, 6.45) is 8.92. The van der Waals surface area contributed by atoms with E-state index in [2.05, 4.69) is 0 Å². The summed E-state index contributed by atoms with van der Waals surface area (Å²) in [5.41, 5.74) is 0.622. The molecule has 0 radical (unpaired) electrons. The van der Waals surface area contributed by atoms with Gasteiger partial charge in [-0.05, 0) is 12.2 Å². The maximum atomic E-state index is 8.77. The number of aliphatic hydroxyl groups excluding tert-OH is 1. The molecule has 56 valence electrons. The molecule has 0 amide bonds. The maximum absolute atomic E-state index is 8.77. The van der Waals surface area contributed by atoms with E-state index in [1.807, 2.05) is 18.2 Å². The lowest BCUT2D eigenvalue weighted by molar-refractivity contribution is 0.274. The van der Waals surface area contributed by atoms with Crippen molar-refractivity contribution in [3.63, 3.8) is 0 Å². The molecule has 1 aliphatic rings. The molecule has 0 spiro atoms. The van der Waals surface area contributed by atoms with Crippen LogP contribution >= 0.6 is 0 Å². The van der Waals surface area contributed by atoms with E-state index >= 15 is 0 Å². The highest BCUT2D eigenvalue weighted by Crippen LogP contribution is 2.08. The predicted octanol–water partition coefficient (Wildman–Crippen LogP) is 1.17. The van der Waals surface area contributed by atoms with E-state index in [-0.39, 0.29) is 12.5 Å². The molecule has 0 bridgehead atoms. The van der Waals surface area contributed by atoms with Gasteiger partial charge in [-0.1, -0.05) is 18.2 Å². The van der Waals surface area contributed by atoms with Crippen LogP contribution in [0.3, 0.4) is 0 Å². The number of nitrogens with zero attached hydrogens (tertiary/aromatic N) is 1. The largest absolute Gasteiger partial charge is 0.395 e. The first kappa shape index (κ1) is 7.77. The van der Waals surface area contributed by atoms with Crippen LogP contribution in [0.25, 0.3) is 0 Å². The van der Waals surface area contributed by atoms with Gasteiger partial charge in [0.25, 0.3) is 0 Å². The molecule has 0 aliphatic heterocycles. The molecule has 0 aromatic heterocycles. The zero-order valence-electron chi connectivity index (χ0n) is 6.07. The van der Waals surface area contributed by atoms with Gasteiger partial charge in [0.05, 0.1) is 18.2 Å². The first-order valence-electron chi connectivity index (χ1n) is 3.44. The third kappa shape index (κ3) is 2.06. The van der Waals surface area contributed by atoms with Gasteiger partial charge in [0, 0.05) is 5.92 Å². The van der Waals surface area contributed by atoms with Crippen molar-refractivity contribution in [2.24, 2.45) is 5.92 Å². The van der Waals surface area contributed by atoms with E-state index in [9.17, 15) is 0 Å². The Morgan fingerprint density at radius 3 is 3.00 bits per heavy atom. The van der Waals surface area contributed by atoms with Gasteiger partial charge in [0.2, 0.25) is 0 Å². The van der Waals surface area contributed by atoms with E-state index in [0.29, 0.717) is 5.57 Å². The molecule has 0 aromatic carbocycles. The summed E-state index contributed by atoms with van der Waals surface area (Å²) in [6, 6.07) is 2.03. The summed E-state index contributed by atoms with van der Waals surface area (Å²) in [7, 11) is 0. The number of nitriles is 1. The molecule has 0 heterocycles. The lowest BCUT2D eigenvalue weighted by Crippen LogP contribution is -1.96. The van der Waals surface area contributed by atoms with Crippen molar-refractivity contribution in [1.29, 1.82) is 5.26 Å². The predicted molar refractivity (Wildman–Crippen MR) is 42.6 cm³/mol. The molecule has 0 saturated carbocycles. The van der Waals surface area contributed by atoms with Gasteiger partial charge in [-0.25, -0.2) is 0 Å². The van der Waals surface area contributed by atoms with Crippen LogP contribution in [0, 0.1) is 17.2 Å². The molecule has 0 saturated heterocycles. The Kier molecular flexibility index (Phi) is 2.65. The second kappa shape index (κ2) is 3.75. The molecule has 11 heavy (non-hydrogen) atoms. The minimum Gasteiger partial charge on any atom is -0.395 e. The zero-order chi connectivity index (χ0) is 8.10. The Morgan fingerprint density at radius 1 is 1.55 bits per heavy atom. The number of rotatable bonds is 1. The van der Waals surface area contributed by atoms with Crippen LogP contribution in [0.15, 0.2) is 36.0 Å². The monoisotopic (exact) mass is 147 g/mol. The molecule has 1 N–H and O–H groups in total. The fraction of sp³-hybridized carbons (Fsp3) is 0.222. The average Bonchev–Trinajstić information content (AvgIpc) is 2.28. The van der Waals surface area contributed by atoms with Crippen LogP contribution in [0.1, 0.15) is 0 Å². The van der Waals surface area contributed by atoms with Crippen LogP contribution in [-0.2, 0) is 0 Å². The first-order valence-corrected chi connectivity index (χ1v) is 3.44. The smallest absolute Gasteiger partial charge is 0.0991 e. The third-order valence-corrected chi connectivity index (χ3v) is 1.50. The van der Waals surface area contributed by atoms with Crippen molar-refractivity contribution in [3.8, 4) is 6.07 Å². The van der Waals surface area contributed by atoms with E-state index < -0.39 is 0 Å². The van der Waals surface area contributed by atoms with Crippen LogP contribution in [0.5, 0.6) is 0 Å². The quantitative estimate of drug-likeness (QED) is 0.605. The minimum absolute atomic E-state index is 0.0529. The fourth-order valence-corrected chi connectivity index (χ4v) is 0.845. The van der Waals surface area contributed by atoms with E-state index in [0.717, 1.165) is 0 Å². The van der Waals surface area contributed by atoms with Crippen molar-refractivity contribution in [2.45, 2.75) is 0 Å². The average molecular weight is 147 g/mol. The van der Waals surface area contributed by atoms with Crippen LogP contribution < -0.4 is 0 Å². The fourth-order valence-electron chi connectivity index (χ4n) is 0.845. The van der Waals surface area contributed by atoms with E-state index in [1.165, 1.54) is 0 Å². The molecule has 1 unspecified atom stereocenters. The summed E-state index contributed by atoms with van der Waals surface area (Å²) in [4.78, 5) is 0. The molecular formula is C9H9NO. The SMILES string of the molecule is N#CC1=CC=CC(CO)C=C1. The summed E-state index contributed by atoms with van der Waals surface area (Å²) in [5, 5.41) is 17.3. The van der Waals surface area contributed by atoms with Gasteiger partial charge < -0.3 is 5.11 Å². The Balaban J connectivity index is 2.76. The van der Waals surface area contributed by atoms with E-state index in [4.69, 9.17) is 10.4 Å². The number of allylic oxidation sites excluding steroid dienone is 4. The molecule has 1 aliphatic carbocycles. The van der Waals surface area contributed by atoms with Gasteiger partial charge >= 0.3 is 0 Å². The normalized spacial score (nSPS) is 22.2. The summed E-state index contributed by atoms with van der Waals surface area (Å²) < 4.78 is 0. The molecule has 1 atom stereocenters. The van der Waals surface area contributed by atoms with Gasteiger partial charge in [-0.3, -0.25) is 0 Å². The Hall–Kier alpha value is -1.33. The summed E-state index contributed by atoms with van der Waals surface area (Å²) >= 11 is 0. The molecule has 2 heteroatoms. The van der Waals surface area contributed by atoms with Crippen molar-refractivity contribution >= 4 is 0 Å². The second-order valence-corrected chi connectivity index (χ2v) is 2.32. The molecule has 2 nitrogen and oxygen atoms in total. The van der Waals surface area contributed by atoms with Gasteiger partial charge in [-0.2, -0.15) is 5.26 Å². The number of hydrogen-bond acceptors (Lipinski definition) is 2. The summed E-state index contributed by atoms with van der Waals surface area (Å²) in [6.45, 7) is 0.0968. The maximum Gasteiger partial charge on any atom is 0.0991 e. The minimum atomic E-state index is 0.0529. The van der Waals surface area contributed by atoms with Gasteiger partial charge in [0.15, 0.2) is 0 Å². The van der Waals surface area contributed by atoms with Crippen LogP contribution in [0.4, 0.5) is 0 Å². The van der Waals surface area contributed by atoms with Crippen LogP contribution in [0.2, 0.25) is 0 Å². The highest BCUT2D eigenvalue weighted by Gasteiger charge is 1.99. The molecular weight excluding hydrogens is 138 g/mol. The van der Waals surface area contributed by atoms with Crippen molar-refractivity contribution in [3.05, 3.63) is 36.0 Å². The van der Waals surface area contributed by atoms with Gasteiger partial charge in [-0.15, -0.1) is 0 Å². The highest BCUT2D eigenvalue weighted by atomic mass is 16.3. The van der Waals surface area contributed by atoms with Crippen LogP contribution in [-0.4, -0.2) is 11.7 Å². The number of hydrogen-bond donors (Lipinski definition) is 1. The summed E-state index contributed by atoms with van der Waals surface area (Å²) in [5.74, 6) is 0.0529. The Labute approximate surface area is 65.8 Å². The third-order valence-electron chi connectivity index (χ3n) is 1.50. The standard InChI is InChI=1S/C9H9NO/c10-6-8-2-1-3-9(7-11)5-4-8/h1-5,9,11H,7H2. The molecule has 0 fully saturated rings. The topological polar surface area (TPSA) is 44.0 Å². The lowest BCUT2D eigenvalue weighted by atomic mass is 10.1. The molecule has 0 aromatic rings. The second-order valence-electron chi connectivity index (χ2n) is 2.32. The number of aliphatic hydroxyl groups is 1.